The van der Waals surface area contributed by atoms with Gasteiger partial charge in [0.15, 0.2) is 11.5 Å². The molecule has 0 N–H and O–H groups in total. The molecule has 38 heavy (non-hydrogen) atoms. The van der Waals surface area contributed by atoms with E-state index in [1.807, 2.05) is 42.6 Å². The van der Waals surface area contributed by atoms with E-state index in [9.17, 15) is 0 Å². The molecule has 0 bridgehead atoms. The van der Waals surface area contributed by atoms with Crippen LogP contribution < -0.4 is 0 Å². The molecule has 6 aromatic carbocycles. The summed E-state index contributed by atoms with van der Waals surface area (Å²) >= 11 is 0. The molecule has 176 valence electrons. The molecule has 3 heteroatoms. The molecule has 0 aliphatic carbocycles. The first-order valence-electron chi connectivity index (χ1n) is 12.5. The van der Waals surface area contributed by atoms with Gasteiger partial charge in [0, 0.05) is 17.1 Å². The Morgan fingerprint density at radius 1 is 0.553 bits per heavy atom. The molecule has 0 aliphatic heterocycles. The van der Waals surface area contributed by atoms with Gasteiger partial charge in [0.25, 0.3) is 0 Å². The fraction of sp³-hybridized carbons (Fsp3) is 0. The van der Waals surface area contributed by atoms with Gasteiger partial charge < -0.3 is 0 Å². The van der Waals surface area contributed by atoms with E-state index >= 15 is 0 Å². The molecule has 3 nitrogen and oxygen atoms in total. The van der Waals surface area contributed by atoms with E-state index in [2.05, 4.69) is 94.8 Å². The third-order valence-corrected chi connectivity index (χ3v) is 7.14. The summed E-state index contributed by atoms with van der Waals surface area (Å²) in [5, 5.41) is 5.68. The molecule has 0 radical (unpaired) electrons. The van der Waals surface area contributed by atoms with Gasteiger partial charge in [0.1, 0.15) is 0 Å². The van der Waals surface area contributed by atoms with Crippen molar-refractivity contribution < 1.29 is 0 Å². The largest absolute Gasteiger partial charge is 0.238 e. The van der Waals surface area contributed by atoms with Crippen molar-refractivity contribution >= 4 is 38.1 Å². The zero-order valence-corrected chi connectivity index (χ0v) is 20.5. The number of benzene rings is 6. The van der Waals surface area contributed by atoms with Crippen molar-refractivity contribution in [3.05, 3.63) is 139 Å². The predicted octanol–water partition coefficient (Wildman–Crippen LogP) is 9.49. The highest BCUT2D eigenvalue weighted by Gasteiger charge is 2.14. The number of hydrogen-bond donors (Lipinski definition) is 0. The van der Waals surface area contributed by atoms with E-state index in [-0.39, 0.29) is 0 Å². The Balaban J connectivity index is 1.41. The van der Waals surface area contributed by atoms with Gasteiger partial charge in [0.2, 0.25) is 0 Å². The van der Waals surface area contributed by atoms with Gasteiger partial charge in [-0.2, -0.15) is 0 Å². The van der Waals surface area contributed by atoms with Crippen LogP contribution >= 0.6 is 0 Å². The maximum Gasteiger partial charge on any atom is 0.187 e. The van der Waals surface area contributed by atoms with Crippen molar-refractivity contribution in [2.24, 2.45) is 0 Å². The molecular weight excluding hydrogens is 462 g/mol. The number of aromatic nitrogens is 2. The second-order valence-corrected chi connectivity index (χ2v) is 9.36. The highest BCUT2D eigenvalue weighted by atomic mass is 14.9. The summed E-state index contributed by atoms with van der Waals surface area (Å²) in [4.78, 5) is 13.1. The van der Waals surface area contributed by atoms with Gasteiger partial charge in [-0.15, -0.1) is 0 Å². The Hall–Kier alpha value is -5.33. The normalized spacial score (nSPS) is 11.1. The minimum absolute atomic E-state index is 0.643. The van der Waals surface area contributed by atoms with Crippen molar-refractivity contribution in [3.63, 3.8) is 0 Å². The molecule has 1 heterocycles. The minimum atomic E-state index is 0.643. The fourth-order valence-corrected chi connectivity index (χ4v) is 5.27. The van der Waals surface area contributed by atoms with Crippen LogP contribution in [0.15, 0.2) is 128 Å². The summed E-state index contributed by atoms with van der Waals surface area (Å²) in [6.45, 7) is 7.34. The molecule has 0 saturated heterocycles. The Morgan fingerprint density at radius 3 is 2.18 bits per heavy atom. The number of nitrogens with zero attached hydrogens (tertiary/aromatic N) is 3. The lowest BCUT2D eigenvalue weighted by Gasteiger charge is -2.15. The molecule has 0 saturated carbocycles. The van der Waals surface area contributed by atoms with Gasteiger partial charge in [-0.05, 0) is 55.9 Å². The van der Waals surface area contributed by atoms with Crippen LogP contribution in [0.3, 0.4) is 0 Å². The molecule has 0 aliphatic rings. The average Bonchev–Trinajstić information content (AvgIpc) is 2.99. The lowest BCUT2D eigenvalue weighted by Crippen LogP contribution is -1.92. The molecule has 1 aromatic heterocycles. The van der Waals surface area contributed by atoms with Crippen LogP contribution in [-0.2, 0) is 0 Å². The first kappa shape index (κ1) is 21.9. The molecule has 7 rings (SSSR count). The average molecular weight is 484 g/mol. The van der Waals surface area contributed by atoms with E-state index in [0.717, 1.165) is 49.8 Å². The monoisotopic (exact) mass is 483 g/mol. The van der Waals surface area contributed by atoms with Crippen LogP contribution in [-0.4, -0.2) is 9.97 Å². The van der Waals surface area contributed by atoms with Gasteiger partial charge in [-0.25, -0.2) is 14.8 Å². The first-order valence-corrected chi connectivity index (χ1v) is 12.5. The standard InChI is InChI=1S/C35H21N3/c1-36-28-17-13-24(14-18-28)34-30-10-4-2-7-23(30)15-20-31(34)26-16-19-29-25(21-26)9-6-11-32(29)35-37-22-27-8-3-5-12-33(27)38-35/h2-22H. The lowest BCUT2D eigenvalue weighted by atomic mass is 9.88. The maximum atomic E-state index is 7.34. The van der Waals surface area contributed by atoms with Crippen molar-refractivity contribution in [3.8, 4) is 33.6 Å². The van der Waals surface area contributed by atoms with E-state index in [1.54, 1.807) is 0 Å². The summed E-state index contributed by atoms with van der Waals surface area (Å²) in [7, 11) is 0. The summed E-state index contributed by atoms with van der Waals surface area (Å²) in [5.74, 6) is 0.730. The van der Waals surface area contributed by atoms with E-state index in [1.165, 1.54) is 16.3 Å². The van der Waals surface area contributed by atoms with Crippen molar-refractivity contribution in [1.29, 1.82) is 0 Å². The number of rotatable bonds is 3. The van der Waals surface area contributed by atoms with Crippen molar-refractivity contribution in [1.82, 2.24) is 9.97 Å². The fourth-order valence-electron chi connectivity index (χ4n) is 5.27. The van der Waals surface area contributed by atoms with Gasteiger partial charge in [0.05, 0.1) is 12.1 Å². The van der Waals surface area contributed by atoms with Crippen LogP contribution in [0.2, 0.25) is 0 Å². The number of para-hydroxylation sites is 1. The molecule has 0 unspecified atom stereocenters. The second kappa shape index (κ2) is 8.96. The van der Waals surface area contributed by atoms with Gasteiger partial charge >= 0.3 is 0 Å². The van der Waals surface area contributed by atoms with Crippen LogP contribution in [0, 0.1) is 6.57 Å². The molecule has 0 atom stereocenters. The second-order valence-electron chi connectivity index (χ2n) is 9.36. The number of hydrogen-bond acceptors (Lipinski definition) is 2. The highest BCUT2D eigenvalue weighted by molar-refractivity contribution is 6.06. The van der Waals surface area contributed by atoms with Crippen LogP contribution in [0.4, 0.5) is 5.69 Å². The molecular formula is C35H21N3. The summed E-state index contributed by atoms with van der Waals surface area (Å²) in [6.07, 6.45) is 1.89. The first-order chi connectivity index (χ1) is 18.8. The topological polar surface area (TPSA) is 30.1 Å². The van der Waals surface area contributed by atoms with Gasteiger partial charge in [-0.1, -0.05) is 109 Å². The van der Waals surface area contributed by atoms with E-state index in [0.29, 0.717) is 5.69 Å². The zero-order valence-electron chi connectivity index (χ0n) is 20.5. The zero-order chi connectivity index (χ0) is 25.5. The quantitative estimate of drug-likeness (QED) is 0.234. The Morgan fingerprint density at radius 2 is 1.32 bits per heavy atom. The van der Waals surface area contributed by atoms with Crippen LogP contribution in [0.5, 0.6) is 0 Å². The Labute approximate surface area is 220 Å². The molecule has 0 fully saturated rings. The lowest BCUT2D eigenvalue weighted by molar-refractivity contribution is 1.23. The predicted molar refractivity (Wildman–Crippen MR) is 157 cm³/mol. The summed E-state index contributed by atoms with van der Waals surface area (Å²) in [5.41, 5.74) is 7.18. The van der Waals surface area contributed by atoms with Crippen LogP contribution in [0.25, 0.3) is 70.9 Å². The van der Waals surface area contributed by atoms with Crippen LogP contribution in [0.1, 0.15) is 0 Å². The Kier molecular flexibility index (Phi) is 5.17. The van der Waals surface area contributed by atoms with E-state index < -0.39 is 0 Å². The third-order valence-electron chi connectivity index (χ3n) is 7.14. The highest BCUT2D eigenvalue weighted by Crippen LogP contribution is 2.40. The molecule has 7 aromatic rings. The van der Waals surface area contributed by atoms with Crippen molar-refractivity contribution in [2.75, 3.05) is 0 Å². The molecule has 0 amide bonds. The summed E-state index contributed by atoms with van der Waals surface area (Å²) in [6, 6.07) is 41.7. The maximum absolute atomic E-state index is 7.34. The Bertz CT molecular complexity index is 2030. The van der Waals surface area contributed by atoms with Crippen molar-refractivity contribution in [2.45, 2.75) is 0 Å². The van der Waals surface area contributed by atoms with Gasteiger partial charge in [-0.3, -0.25) is 0 Å². The van der Waals surface area contributed by atoms with E-state index in [4.69, 9.17) is 11.6 Å². The summed E-state index contributed by atoms with van der Waals surface area (Å²) < 4.78 is 0. The third kappa shape index (κ3) is 3.68. The smallest absolute Gasteiger partial charge is 0.187 e. The SMILES string of the molecule is [C-]#[N+]c1ccc(-c2c(-c3ccc4c(-c5ncc6ccccc6n5)cccc4c3)ccc3ccccc23)cc1. The minimum Gasteiger partial charge on any atom is -0.238 e. The molecule has 0 spiro atoms. The number of fused-ring (bicyclic) bond motifs is 3.